The Morgan fingerprint density at radius 1 is 1.31 bits per heavy atom. The van der Waals surface area contributed by atoms with Gasteiger partial charge in [0.05, 0.1) is 17.0 Å². The number of fused-ring (bicyclic) bond motifs is 1. The van der Waals surface area contributed by atoms with Gasteiger partial charge in [-0.15, -0.1) is 5.10 Å². The zero-order valence-corrected chi connectivity index (χ0v) is 16.0. The van der Waals surface area contributed by atoms with Gasteiger partial charge < -0.3 is 10.2 Å². The average Bonchev–Trinajstić information content (AvgIpc) is 3.18. The van der Waals surface area contributed by atoms with Crippen molar-refractivity contribution < 1.29 is 10.2 Å². The topological polar surface area (TPSA) is 73.9 Å². The standard InChI is InChI=1S/C18H21ClN4O2S/c1-2-14-20-18-23(21-14)17(25)16(26-18)15(12-5-3-4-6-13(12)19)22-9-7-11(24)8-10-22/h3-6,11,15,24-25H,2,7-10H2,1H3. The number of aromatic hydroxyl groups is 1. The van der Waals surface area contributed by atoms with E-state index >= 15 is 0 Å². The third-order valence-corrected chi connectivity index (χ3v) is 6.29. The van der Waals surface area contributed by atoms with Crippen LogP contribution in [-0.4, -0.2) is 48.9 Å². The Hall–Kier alpha value is -1.67. The van der Waals surface area contributed by atoms with Crippen molar-refractivity contribution >= 4 is 27.9 Å². The van der Waals surface area contributed by atoms with Crippen LogP contribution < -0.4 is 0 Å². The molecule has 0 amide bonds. The summed E-state index contributed by atoms with van der Waals surface area (Å²) >= 11 is 7.94. The summed E-state index contributed by atoms with van der Waals surface area (Å²) in [7, 11) is 0. The van der Waals surface area contributed by atoms with Gasteiger partial charge >= 0.3 is 0 Å². The van der Waals surface area contributed by atoms with Gasteiger partial charge in [-0.05, 0) is 24.5 Å². The lowest BCUT2D eigenvalue weighted by molar-refractivity contribution is 0.0690. The van der Waals surface area contributed by atoms with Crippen LogP contribution in [0.5, 0.6) is 5.88 Å². The molecular weight excluding hydrogens is 372 g/mol. The van der Waals surface area contributed by atoms with Gasteiger partial charge in [-0.3, -0.25) is 4.90 Å². The highest BCUT2D eigenvalue weighted by Crippen LogP contribution is 2.42. The van der Waals surface area contributed by atoms with E-state index in [-0.39, 0.29) is 18.0 Å². The predicted octanol–water partition coefficient (Wildman–Crippen LogP) is 3.26. The molecule has 1 saturated heterocycles. The number of aryl methyl sites for hydroxylation is 1. The highest BCUT2D eigenvalue weighted by Gasteiger charge is 2.32. The molecule has 1 unspecified atom stereocenters. The van der Waals surface area contributed by atoms with Crippen LogP contribution in [0, 0.1) is 0 Å². The van der Waals surface area contributed by atoms with E-state index < -0.39 is 0 Å². The summed E-state index contributed by atoms with van der Waals surface area (Å²) in [5.74, 6) is 0.835. The largest absolute Gasteiger partial charge is 0.492 e. The molecule has 8 heteroatoms. The molecule has 0 aliphatic carbocycles. The Morgan fingerprint density at radius 3 is 2.69 bits per heavy atom. The van der Waals surface area contributed by atoms with Crippen molar-refractivity contribution in [1.82, 2.24) is 19.5 Å². The first kappa shape index (κ1) is 17.7. The van der Waals surface area contributed by atoms with Gasteiger partial charge in [0.2, 0.25) is 10.8 Å². The van der Waals surface area contributed by atoms with Crippen LogP contribution in [-0.2, 0) is 6.42 Å². The van der Waals surface area contributed by atoms with Crippen LogP contribution in [0.2, 0.25) is 5.02 Å². The Balaban J connectivity index is 1.81. The number of piperidine rings is 1. The van der Waals surface area contributed by atoms with Gasteiger partial charge in [0, 0.05) is 24.5 Å². The predicted molar refractivity (Wildman–Crippen MR) is 102 cm³/mol. The molecule has 2 aromatic heterocycles. The number of thiazole rings is 1. The van der Waals surface area contributed by atoms with Gasteiger partial charge in [0.15, 0.2) is 5.82 Å². The molecule has 138 valence electrons. The van der Waals surface area contributed by atoms with Crippen LogP contribution in [0.15, 0.2) is 24.3 Å². The van der Waals surface area contributed by atoms with Crippen LogP contribution in [0.1, 0.15) is 42.1 Å². The van der Waals surface area contributed by atoms with Crippen LogP contribution in [0.3, 0.4) is 0 Å². The highest BCUT2D eigenvalue weighted by molar-refractivity contribution is 7.17. The van der Waals surface area contributed by atoms with Crippen molar-refractivity contribution in [2.24, 2.45) is 0 Å². The lowest BCUT2D eigenvalue weighted by atomic mass is 9.99. The number of nitrogens with zero attached hydrogens (tertiary/aromatic N) is 4. The average molecular weight is 393 g/mol. The molecule has 1 aliphatic rings. The third kappa shape index (κ3) is 3.09. The second-order valence-electron chi connectivity index (χ2n) is 6.56. The summed E-state index contributed by atoms with van der Waals surface area (Å²) in [6, 6.07) is 7.53. The molecule has 6 nitrogen and oxygen atoms in total. The fourth-order valence-corrected chi connectivity index (χ4v) is 4.83. The van der Waals surface area contributed by atoms with E-state index in [9.17, 15) is 10.2 Å². The molecule has 1 aromatic carbocycles. The van der Waals surface area contributed by atoms with Crippen LogP contribution in [0.4, 0.5) is 0 Å². The number of aromatic nitrogens is 3. The Kier molecular flexibility index (Phi) is 4.88. The van der Waals surface area contributed by atoms with E-state index in [1.54, 1.807) is 0 Å². The molecule has 2 N–H and O–H groups in total. The summed E-state index contributed by atoms with van der Waals surface area (Å²) in [6.45, 7) is 3.47. The van der Waals surface area contributed by atoms with Crippen molar-refractivity contribution in [1.29, 1.82) is 0 Å². The number of hydrogen-bond acceptors (Lipinski definition) is 6. The van der Waals surface area contributed by atoms with E-state index in [2.05, 4.69) is 15.0 Å². The minimum atomic E-state index is -0.263. The first-order valence-electron chi connectivity index (χ1n) is 8.82. The summed E-state index contributed by atoms with van der Waals surface area (Å²) in [5.41, 5.74) is 0.945. The van der Waals surface area contributed by atoms with Crippen LogP contribution in [0.25, 0.3) is 4.96 Å². The molecule has 26 heavy (non-hydrogen) atoms. The van der Waals surface area contributed by atoms with Gasteiger partial charge in [0.25, 0.3) is 0 Å². The smallest absolute Gasteiger partial charge is 0.230 e. The first-order valence-corrected chi connectivity index (χ1v) is 10.0. The molecule has 0 radical (unpaired) electrons. The summed E-state index contributed by atoms with van der Waals surface area (Å²) in [5, 5.41) is 25.8. The van der Waals surface area contributed by atoms with Gasteiger partial charge in [-0.2, -0.15) is 4.52 Å². The molecule has 3 heterocycles. The number of aliphatic hydroxyl groups excluding tert-OH is 1. The molecule has 1 aliphatic heterocycles. The highest BCUT2D eigenvalue weighted by atomic mass is 35.5. The van der Waals surface area contributed by atoms with E-state index in [0.717, 1.165) is 30.0 Å². The Morgan fingerprint density at radius 2 is 2.04 bits per heavy atom. The Bertz CT molecular complexity index is 917. The van der Waals surface area contributed by atoms with E-state index in [4.69, 9.17) is 11.6 Å². The fraction of sp³-hybridized carbons (Fsp3) is 0.444. The molecule has 0 spiro atoms. The molecule has 0 bridgehead atoms. The van der Waals surface area contributed by atoms with E-state index in [0.29, 0.717) is 28.6 Å². The maximum atomic E-state index is 10.9. The SMILES string of the molecule is CCc1nc2sc(C(c3ccccc3Cl)N3CCC(O)CC3)c(O)n2n1. The monoisotopic (exact) mass is 392 g/mol. The number of benzene rings is 1. The fourth-order valence-electron chi connectivity index (χ4n) is 3.46. The Labute approximate surface area is 160 Å². The third-order valence-electron chi connectivity index (χ3n) is 4.87. The number of aliphatic hydroxyl groups is 1. The summed E-state index contributed by atoms with van der Waals surface area (Å²) < 4.78 is 1.52. The quantitative estimate of drug-likeness (QED) is 0.712. The summed E-state index contributed by atoms with van der Waals surface area (Å²) in [4.78, 5) is 8.22. The van der Waals surface area contributed by atoms with Gasteiger partial charge in [0.1, 0.15) is 0 Å². The normalized spacial score (nSPS) is 17.8. The second-order valence-corrected chi connectivity index (χ2v) is 7.97. The molecular formula is C18H21ClN4O2S. The van der Waals surface area contributed by atoms with E-state index in [1.165, 1.54) is 15.9 Å². The summed E-state index contributed by atoms with van der Waals surface area (Å²) in [6.07, 6.45) is 1.88. The zero-order chi connectivity index (χ0) is 18.3. The molecule has 3 aromatic rings. The lowest BCUT2D eigenvalue weighted by Gasteiger charge is -2.36. The van der Waals surface area contributed by atoms with Gasteiger partial charge in [-0.25, -0.2) is 4.98 Å². The van der Waals surface area contributed by atoms with Crippen molar-refractivity contribution in [2.75, 3.05) is 13.1 Å². The van der Waals surface area contributed by atoms with Crippen molar-refractivity contribution in [3.05, 3.63) is 45.6 Å². The lowest BCUT2D eigenvalue weighted by Crippen LogP contribution is -2.38. The maximum Gasteiger partial charge on any atom is 0.230 e. The molecule has 4 rings (SSSR count). The molecule has 1 fully saturated rings. The van der Waals surface area contributed by atoms with Crippen LogP contribution >= 0.6 is 22.9 Å². The maximum absolute atomic E-state index is 10.9. The van der Waals surface area contributed by atoms with Crippen molar-refractivity contribution in [3.63, 3.8) is 0 Å². The van der Waals surface area contributed by atoms with Crippen molar-refractivity contribution in [3.8, 4) is 5.88 Å². The number of hydrogen-bond donors (Lipinski definition) is 2. The molecule has 0 saturated carbocycles. The second kappa shape index (κ2) is 7.15. The minimum Gasteiger partial charge on any atom is -0.492 e. The zero-order valence-electron chi connectivity index (χ0n) is 14.5. The van der Waals surface area contributed by atoms with Crippen molar-refractivity contribution in [2.45, 2.75) is 38.3 Å². The number of halogens is 1. The minimum absolute atomic E-state index is 0.119. The first-order chi connectivity index (χ1) is 12.6. The molecule has 1 atom stereocenters. The number of rotatable bonds is 4. The van der Waals surface area contributed by atoms with Gasteiger partial charge in [-0.1, -0.05) is 48.1 Å². The number of likely N-dealkylation sites (tertiary alicyclic amines) is 1. The van der Waals surface area contributed by atoms with E-state index in [1.807, 2.05) is 31.2 Å².